The fraction of sp³-hybridized carbons (Fsp3) is 0.900. The molecule has 0 saturated heterocycles. The van der Waals surface area contributed by atoms with Crippen LogP contribution in [0.1, 0.15) is 26.7 Å². The molecule has 0 heterocycles. The Hall–Kier alpha value is -0.100. The molecule has 2 nitrogen and oxygen atoms in total. The number of hydrogen-bond acceptors (Lipinski definition) is 2. The smallest absolute Gasteiger partial charge is 0.309 e. The molecule has 0 saturated carbocycles. The first kappa shape index (κ1) is 12.9. The maximum Gasteiger partial charge on any atom is 0.309 e. The maximum atomic E-state index is 11.0. The first-order valence-corrected chi connectivity index (χ1v) is 7.77. The number of carbonyl (C=O) groups excluding carboxylic acids is 1. The molecule has 0 aromatic heterocycles. The lowest BCUT2D eigenvalue weighted by Gasteiger charge is -2.20. The second-order valence-corrected chi connectivity index (χ2v) is 8.47. The highest BCUT2D eigenvalue weighted by Gasteiger charge is 2.28. The van der Waals surface area contributed by atoms with Gasteiger partial charge in [0.1, 0.15) is 0 Å². The van der Waals surface area contributed by atoms with Crippen molar-refractivity contribution in [1.29, 1.82) is 0 Å². The lowest BCUT2D eigenvalue weighted by Crippen LogP contribution is -2.10. The van der Waals surface area contributed by atoms with E-state index in [4.69, 9.17) is 0 Å². The van der Waals surface area contributed by atoms with Gasteiger partial charge >= 0.3 is 5.97 Å². The van der Waals surface area contributed by atoms with Gasteiger partial charge in [0, 0.05) is 13.9 Å². The van der Waals surface area contributed by atoms with Crippen LogP contribution in [0.4, 0.5) is 0 Å². The van der Waals surface area contributed by atoms with E-state index in [2.05, 4.69) is 25.2 Å². The SMILES string of the molecule is CCC[P+](C)(CC)CCC(=O)OC. The summed E-state index contributed by atoms with van der Waals surface area (Å²) in [6.07, 6.45) is 5.45. The molecule has 0 fully saturated rings. The fourth-order valence-electron chi connectivity index (χ4n) is 1.43. The van der Waals surface area contributed by atoms with Crippen LogP contribution < -0.4 is 0 Å². The normalized spacial score (nSPS) is 15.1. The molecular formula is C10H22O2P+. The van der Waals surface area contributed by atoms with E-state index in [1.807, 2.05) is 0 Å². The van der Waals surface area contributed by atoms with Crippen LogP contribution >= 0.6 is 7.26 Å². The van der Waals surface area contributed by atoms with Gasteiger partial charge in [0.25, 0.3) is 0 Å². The van der Waals surface area contributed by atoms with E-state index < -0.39 is 7.26 Å². The summed E-state index contributed by atoms with van der Waals surface area (Å²) < 4.78 is 4.65. The standard InChI is InChI=1S/C10H22O2P/c1-5-8-13(4,6-2)9-7-10(11)12-3/h5-9H2,1-4H3/q+1. The van der Waals surface area contributed by atoms with Crippen molar-refractivity contribution in [3.05, 3.63) is 0 Å². The van der Waals surface area contributed by atoms with Crippen LogP contribution in [0.2, 0.25) is 0 Å². The molecule has 0 aliphatic carbocycles. The van der Waals surface area contributed by atoms with E-state index >= 15 is 0 Å². The Morgan fingerprint density at radius 3 is 2.31 bits per heavy atom. The molecule has 0 N–H and O–H groups in total. The fourth-order valence-corrected chi connectivity index (χ4v) is 4.09. The minimum absolute atomic E-state index is 0.0595. The summed E-state index contributed by atoms with van der Waals surface area (Å²) in [4.78, 5) is 11.0. The summed E-state index contributed by atoms with van der Waals surface area (Å²) in [6, 6.07) is 0. The third kappa shape index (κ3) is 5.25. The maximum absolute atomic E-state index is 11.0. The van der Waals surface area contributed by atoms with Crippen molar-refractivity contribution in [2.45, 2.75) is 26.7 Å². The second kappa shape index (κ2) is 6.37. The lowest BCUT2D eigenvalue weighted by molar-refractivity contribution is -0.140. The van der Waals surface area contributed by atoms with Gasteiger partial charge in [0.05, 0.1) is 32.0 Å². The largest absolute Gasteiger partial charge is 0.469 e. The van der Waals surface area contributed by atoms with Gasteiger partial charge in [-0.15, -0.1) is 0 Å². The predicted octanol–water partition coefficient (Wildman–Crippen LogP) is 2.63. The molecule has 13 heavy (non-hydrogen) atoms. The van der Waals surface area contributed by atoms with Crippen molar-refractivity contribution in [2.75, 3.05) is 32.3 Å². The molecule has 0 aliphatic heterocycles. The summed E-state index contributed by atoms with van der Waals surface area (Å²) in [6.45, 7) is 6.81. The molecule has 1 unspecified atom stereocenters. The van der Waals surface area contributed by atoms with Crippen LogP contribution in [0, 0.1) is 0 Å². The molecule has 0 aliphatic rings. The van der Waals surface area contributed by atoms with Gasteiger partial charge in [-0.25, -0.2) is 0 Å². The summed E-state index contributed by atoms with van der Waals surface area (Å²) in [5.74, 6) is -0.0595. The average Bonchev–Trinajstić information content (AvgIpc) is 2.15. The quantitative estimate of drug-likeness (QED) is 0.492. The minimum Gasteiger partial charge on any atom is -0.469 e. The van der Waals surface area contributed by atoms with Crippen LogP contribution in [0.3, 0.4) is 0 Å². The lowest BCUT2D eigenvalue weighted by atomic mass is 10.5. The molecule has 1 atom stereocenters. The number of esters is 1. The van der Waals surface area contributed by atoms with Crippen LogP contribution in [0.25, 0.3) is 0 Å². The highest BCUT2D eigenvalue weighted by Crippen LogP contribution is 2.55. The van der Waals surface area contributed by atoms with Crippen molar-refractivity contribution >= 4 is 13.2 Å². The van der Waals surface area contributed by atoms with Crippen molar-refractivity contribution < 1.29 is 9.53 Å². The van der Waals surface area contributed by atoms with Gasteiger partial charge in [0.2, 0.25) is 0 Å². The van der Waals surface area contributed by atoms with Crippen molar-refractivity contribution in [3.63, 3.8) is 0 Å². The summed E-state index contributed by atoms with van der Waals surface area (Å²) >= 11 is 0. The molecule has 0 aromatic rings. The van der Waals surface area contributed by atoms with E-state index in [1.54, 1.807) is 0 Å². The van der Waals surface area contributed by atoms with Gasteiger partial charge in [-0.05, 0) is 13.3 Å². The van der Waals surface area contributed by atoms with Crippen LogP contribution in [-0.4, -0.2) is 38.2 Å². The molecule has 0 aromatic carbocycles. The molecule has 0 spiro atoms. The monoisotopic (exact) mass is 205 g/mol. The number of hydrogen-bond donors (Lipinski definition) is 0. The summed E-state index contributed by atoms with van der Waals surface area (Å²) in [5, 5.41) is 0. The Labute approximate surface area is 82.4 Å². The van der Waals surface area contributed by atoms with Gasteiger partial charge < -0.3 is 4.74 Å². The zero-order chi connectivity index (χ0) is 10.3. The highest BCUT2D eigenvalue weighted by atomic mass is 31.2. The van der Waals surface area contributed by atoms with E-state index in [0.29, 0.717) is 6.42 Å². The molecule has 78 valence electrons. The average molecular weight is 205 g/mol. The molecular weight excluding hydrogens is 183 g/mol. The Morgan fingerprint density at radius 2 is 1.92 bits per heavy atom. The Morgan fingerprint density at radius 1 is 1.31 bits per heavy atom. The number of ether oxygens (including phenoxy) is 1. The number of carbonyl (C=O) groups is 1. The third-order valence-electron chi connectivity index (χ3n) is 2.61. The first-order valence-electron chi connectivity index (χ1n) is 4.98. The van der Waals surface area contributed by atoms with Crippen molar-refractivity contribution in [1.82, 2.24) is 0 Å². The van der Waals surface area contributed by atoms with Crippen molar-refractivity contribution in [2.24, 2.45) is 0 Å². The van der Waals surface area contributed by atoms with Gasteiger partial charge in [-0.1, -0.05) is 6.92 Å². The van der Waals surface area contributed by atoms with E-state index in [1.165, 1.54) is 25.9 Å². The Balaban J connectivity index is 3.89. The van der Waals surface area contributed by atoms with Crippen molar-refractivity contribution in [3.8, 4) is 0 Å². The Kier molecular flexibility index (Phi) is 6.32. The summed E-state index contributed by atoms with van der Waals surface area (Å²) in [7, 11) is 0.644. The Bertz CT molecular complexity index is 159. The third-order valence-corrected chi connectivity index (χ3v) is 6.97. The van der Waals surface area contributed by atoms with Gasteiger partial charge in [-0.3, -0.25) is 4.79 Å². The summed E-state index contributed by atoms with van der Waals surface area (Å²) in [5.41, 5.74) is 0. The molecule has 0 bridgehead atoms. The zero-order valence-electron chi connectivity index (χ0n) is 9.30. The minimum atomic E-state index is -0.818. The topological polar surface area (TPSA) is 26.3 Å². The predicted molar refractivity (Wildman–Crippen MR) is 60.0 cm³/mol. The van der Waals surface area contributed by atoms with E-state index in [-0.39, 0.29) is 5.97 Å². The first-order chi connectivity index (χ1) is 6.08. The zero-order valence-corrected chi connectivity index (χ0v) is 10.2. The number of rotatable bonds is 6. The van der Waals surface area contributed by atoms with Crippen LogP contribution in [0.5, 0.6) is 0 Å². The van der Waals surface area contributed by atoms with Crippen LogP contribution in [0.15, 0.2) is 0 Å². The van der Waals surface area contributed by atoms with Crippen LogP contribution in [-0.2, 0) is 9.53 Å². The molecule has 3 heteroatoms. The van der Waals surface area contributed by atoms with Gasteiger partial charge in [-0.2, -0.15) is 0 Å². The van der Waals surface area contributed by atoms with E-state index in [0.717, 1.165) is 6.16 Å². The highest BCUT2D eigenvalue weighted by molar-refractivity contribution is 7.75. The van der Waals surface area contributed by atoms with E-state index in [9.17, 15) is 4.79 Å². The second-order valence-electron chi connectivity index (χ2n) is 3.71. The molecule has 0 radical (unpaired) electrons. The number of methoxy groups -OCH3 is 1. The molecule has 0 rings (SSSR count). The molecule has 0 amide bonds. The van der Waals surface area contributed by atoms with Gasteiger partial charge in [0.15, 0.2) is 0 Å².